The first kappa shape index (κ1) is 22.4. The van der Waals surface area contributed by atoms with Crippen molar-refractivity contribution in [3.8, 4) is 11.5 Å². The fourth-order valence-electron chi connectivity index (χ4n) is 3.33. The van der Waals surface area contributed by atoms with Crippen LogP contribution >= 0.6 is 24.2 Å². The Morgan fingerprint density at radius 3 is 2.61 bits per heavy atom. The van der Waals surface area contributed by atoms with Gasteiger partial charge in [-0.3, -0.25) is 4.79 Å². The van der Waals surface area contributed by atoms with Crippen LogP contribution in [0.4, 0.5) is 0 Å². The van der Waals surface area contributed by atoms with Gasteiger partial charge in [0.05, 0.1) is 13.2 Å². The molecule has 1 heterocycles. The third-order valence-electron chi connectivity index (χ3n) is 4.74. The normalized spacial score (nSPS) is 17.4. The summed E-state index contributed by atoms with van der Waals surface area (Å²) in [5.41, 5.74) is 1.01. The third-order valence-corrected chi connectivity index (χ3v) is 5.49. The van der Waals surface area contributed by atoms with Crippen molar-refractivity contribution in [2.24, 2.45) is 0 Å². The molecule has 2 aromatic rings. The van der Waals surface area contributed by atoms with Crippen LogP contribution in [0.25, 0.3) is 0 Å². The maximum atomic E-state index is 13.1. The van der Waals surface area contributed by atoms with Crippen molar-refractivity contribution in [3.05, 3.63) is 54.1 Å². The molecule has 0 aliphatic carbocycles. The standard InChI is InChI=1S/C21H26N2O3S.ClH/c1-15(26-16-8-10-17(27-3)11-9-16)21(24)23-13-12-22-14-19(23)18-6-4-5-7-20(18)25-2;/h4-11,15,19,22H,12-14H2,1-3H3;1H. The first-order valence-electron chi connectivity index (χ1n) is 9.09. The van der Waals surface area contributed by atoms with Crippen LogP contribution in [0.2, 0.25) is 0 Å². The second kappa shape index (κ2) is 10.6. The van der Waals surface area contributed by atoms with E-state index < -0.39 is 6.10 Å². The Kier molecular flexibility index (Phi) is 8.48. The maximum absolute atomic E-state index is 13.1. The number of hydrogen-bond donors (Lipinski definition) is 1. The van der Waals surface area contributed by atoms with E-state index in [4.69, 9.17) is 9.47 Å². The molecule has 2 atom stereocenters. The molecule has 1 fully saturated rings. The number of amides is 1. The van der Waals surface area contributed by atoms with Crippen LogP contribution in [-0.4, -0.2) is 49.9 Å². The summed E-state index contributed by atoms with van der Waals surface area (Å²) in [5.74, 6) is 1.49. The zero-order valence-electron chi connectivity index (χ0n) is 16.4. The summed E-state index contributed by atoms with van der Waals surface area (Å²) in [6.45, 7) is 3.92. The molecule has 1 amide bonds. The summed E-state index contributed by atoms with van der Waals surface area (Å²) in [7, 11) is 1.66. The number of thioether (sulfide) groups is 1. The quantitative estimate of drug-likeness (QED) is 0.718. The Balaban J connectivity index is 0.00000280. The van der Waals surface area contributed by atoms with Gasteiger partial charge in [0.25, 0.3) is 5.91 Å². The first-order chi connectivity index (χ1) is 13.1. The minimum absolute atomic E-state index is 0. The van der Waals surface area contributed by atoms with Crippen molar-refractivity contribution in [2.75, 3.05) is 33.0 Å². The maximum Gasteiger partial charge on any atom is 0.263 e. The molecule has 7 heteroatoms. The highest BCUT2D eigenvalue weighted by atomic mass is 35.5. The van der Waals surface area contributed by atoms with Crippen molar-refractivity contribution in [3.63, 3.8) is 0 Å². The van der Waals surface area contributed by atoms with E-state index in [-0.39, 0.29) is 24.4 Å². The van der Waals surface area contributed by atoms with Crippen LogP contribution in [0.3, 0.4) is 0 Å². The van der Waals surface area contributed by atoms with Gasteiger partial charge in [-0.05, 0) is 43.5 Å². The Labute approximate surface area is 177 Å². The fourth-order valence-corrected chi connectivity index (χ4v) is 3.74. The van der Waals surface area contributed by atoms with Crippen molar-refractivity contribution in [2.45, 2.75) is 24.0 Å². The van der Waals surface area contributed by atoms with E-state index in [2.05, 4.69) is 5.32 Å². The van der Waals surface area contributed by atoms with Crippen molar-refractivity contribution in [1.82, 2.24) is 10.2 Å². The monoisotopic (exact) mass is 422 g/mol. The van der Waals surface area contributed by atoms with Gasteiger partial charge in [-0.25, -0.2) is 0 Å². The molecule has 3 rings (SSSR count). The molecule has 0 radical (unpaired) electrons. The molecule has 5 nitrogen and oxygen atoms in total. The van der Waals surface area contributed by atoms with Crippen molar-refractivity contribution in [1.29, 1.82) is 0 Å². The van der Waals surface area contributed by atoms with E-state index >= 15 is 0 Å². The highest BCUT2D eigenvalue weighted by Gasteiger charge is 2.32. The molecule has 28 heavy (non-hydrogen) atoms. The van der Waals surface area contributed by atoms with Gasteiger partial charge in [0, 0.05) is 30.1 Å². The molecule has 0 spiro atoms. The highest BCUT2D eigenvalue weighted by Crippen LogP contribution is 2.31. The number of ether oxygens (including phenoxy) is 2. The van der Waals surface area contributed by atoms with Crippen molar-refractivity contribution >= 4 is 30.1 Å². The van der Waals surface area contributed by atoms with Crippen LogP contribution in [0.5, 0.6) is 11.5 Å². The smallest absolute Gasteiger partial charge is 0.263 e. The van der Waals surface area contributed by atoms with Crippen LogP contribution in [0, 0.1) is 0 Å². The SMILES string of the molecule is COc1ccccc1C1CNCCN1C(=O)C(C)Oc1ccc(SC)cc1.Cl. The summed E-state index contributed by atoms with van der Waals surface area (Å²) < 4.78 is 11.4. The second-order valence-electron chi connectivity index (χ2n) is 6.43. The van der Waals surface area contributed by atoms with Crippen molar-refractivity contribution < 1.29 is 14.3 Å². The summed E-state index contributed by atoms with van der Waals surface area (Å²) >= 11 is 1.68. The predicted molar refractivity (Wildman–Crippen MR) is 116 cm³/mol. The molecule has 0 saturated carbocycles. The molecule has 2 aromatic carbocycles. The molecule has 1 aliphatic heterocycles. The average molecular weight is 423 g/mol. The summed E-state index contributed by atoms with van der Waals surface area (Å²) in [4.78, 5) is 16.2. The lowest BCUT2D eigenvalue weighted by Crippen LogP contribution is -2.52. The number of nitrogens with zero attached hydrogens (tertiary/aromatic N) is 1. The van der Waals surface area contributed by atoms with Gasteiger partial charge in [-0.1, -0.05) is 18.2 Å². The molecule has 1 saturated heterocycles. The number of hydrogen-bond acceptors (Lipinski definition) is 5. The molecule has 2 unspecified atom stereocenters. The van der Waals surface area contributed by atoms with Crippen LogP contribution in [0.1, 0.15) is 18.5 Å². The highest BCUT2D eigenvalue weighted by molar-refractivity contribution is 7.98. The van der Waals surface area contributed by atoms with E-state index in [9.17, 15) is 4.79 Å². The lowest BCUT2D eigenvalue weighted by Gasteiger charge is -2.38. The molecular formula is C21H27ClN2O3S. The largest absolute Gasteiger partial charge is 0.496 e. The number of methoxy groups -OCH3 is 1. The lowest BCUT2D eigenvalue weighted by atomic mass is 10.0. The van der Waals surface area contributed by atoms with Gasteiger partial charge < -0.3 is 19.7 Å². The number of carbonyl (C=O) groups excluding carboxylic acids is 1. The van der Waals surface area contributed by atoms with E-state index in [1.807, 2.05) is 66.6 Å². The number of halogens is 1. The number of nitrogens with one attached hydrogen (secondary N) is 1. The van der Waals surface area contributed by atoms with Crippen LogP contribution in [0.15, 0.2) is 53.4 Å². The van der Waals surface area contributed by atoms with Gasteiger partial charge in [0.1, 0.15) is 11.5 Å². The number of carbonyl (C=O) groups is 1. The molecule has 0 bridgehead atoms. The Bertz CT molecular complexity index is 773. The zero-order chi connectivity index (χ0) is 19.2. The number of piperazine rings is 1. The van der Waals surface area contributed by atoms with Gasteiger partial charge >= 0.3 is 0 Å². The van der Waals surface area contributed by atoms with Crippen LogP contribution < -0.4 is 14.8 Å². The van der Waals surface area contributed by atoms with Gasteiger partial charge in [0.15, 0.2) is 6.10 Å². The number of benzene rings is 2. The summed E-state index contributed by atoms with van der Waals surface area (Å²) in [6, 6.07) is 15.6. The van der Waals surface area contributed by atoms with E-state index in [0.717, 1.165) is 17.9 Å². The zero-order valence-corrected chi connectivity index (χ0v) is 18.0. The Morgan fingerprint density at radius 1 is 1.21 bits per heavy atom. The van der Waals surface area contributed by atoms with Crippen LogP contribution in [-0.2, 0) is 4.79 Å². The second-order valence-corrected chi connectivity index (χ2v) is 7.31. The van der Waals surface area contributed by atoms with E-state index in [1.165, 1.54) is 4.90 Å². The first-order valence-corrected chi connectivity index (χ1v) is 10.3. The third kappa shape index (κ3) is 5.13. The topological polar surface area (TPSA) is 50.8 Å². The predicted octanol–water partition coefficient (Wildman–Crippen LogP) is 3.78. The van der Waals surface area contributed by atoms with E-state index in [1.54, 1.807) is 18.9 Å². The molecule has 0 aromatic heterocycles. The molecular weight excluding hydrogens is 396 g/mol. The Hall–Kier alpha value is -1.89. The van der Waals surface area contributed by atoms with Gasteiger partial charge in [-0.2, -0.15) is 0 Å². The summed E-state index contributed by atoms with van der Waals surface area (Å²) in [5, 5.41) is 3.38. The minimum atomic E-state index is -0.555. The fraction of sp³-hybridized carbons (Fsp3) is 0.381. The number of para-hydroxylation sites is 1. The average Bonchev–Trinajstić information content (AvgIpc) is 2.73. The van der Waals surface area contributed by atoms with Gasteiger partial charge in [-0.15, -0.1) is 24.2 Å². The number of rotatable bonds is 6. The minimum Gasteiger partial charge on any atom is -0.496 e. The lowest BCUT2D eigenvalue weighted by molar-refractivity contribution is -0.141. The molecule has 152 valence electrons. The Morgan fingerprint density at radius 2 is 1.93 bits per heavy atom. The molecule has 1 aliphatic rings. The van der Waals surface area contributed by atoms with E-state index in [0.29, 0.717) is 18.8 Å². The summed E-state index contributed by atoms with van der Waals surface area (Å²) in [6.07, 6.45) is 1.48. The molecule has 1 N–H and O–H groups in total. The van der Waals surface area contributed by atoms with Gasteiger partial charge in [0.2, 0.25) is 0 Å².